The van der Waals surface area contributed by atoms with Gasteiger partial charge in [-0.25, -0.2) is 0 Å². The molecule has 40 nitrogen and oxygen atoms in total. The van der Waals surface area contributed by atoms with Gasteiger partial charge in [-0.2, -0.15) is 12.6 Å². The van der Waals surface area contributed by atoms with Crippen molar-refractivity contribution in [1.82, 2.24) is 69.1 Å². The molecule has 564 valence electrons. The molecule has 29 N–H and O–H groups in total. The number of aliphatic hydroxyl groups excluding tert-OH is 1. The lowest BCUT2D eigenvalue weighted by Gasteiger charge is -2.26. The van der Waals surface area contributed by atoms with Crippen LogP contribution in [0.25, 0.3) is 0 Å². The van der Waals surface area contributed by atoms with Gasteiger partial charge < -0.3 is 124 Å². The van der Waals surface area contributed by atoms with E-state index in [0.717, 1.165) is 0 Å². The highest BCUT2D eigenvalue weighted by atomic mass is 32.1. The van der Waals surface area contributed by atoms with Crippen LogP contribution in [0.15, 0.2) is 58.5 Å². The molecule has 0 aliphatic rings. The third kappa shape index (κ3) is 35.1. The molecule has 2 aromatic rings. The Hall–Kier alpha value is -11.1. The fraction of sp³-hybridized carbons (Fsp3) is 0.525. The fourth-order valence-corrected chi connectivity index (χ4v) is 9.22. The van der Waals surface area contributed by atoms with Gasteiger partial charge in [-0.05, 0) is 93.7 Å². The molecule has 102 heavy (non-hydrogen) atoms. The number of phenols is 2. The van der Waals surface area contributed by atoms with Crippen LogP contribution in [-0.2, 0) is 84.8 Å². The number of nitrogens with one attached hydrogen (secondary N) is 13. The van der Waals surface area contributed by atoms with Crippen LogP contribution in [0, 0.1) is 5.92 Å². The lowest BCUT2D eigenvalue weighted by Crippen LogP contribution is -2.60. The fourth-order valence-electron chi connectivity index (χ4n) is 8.96. The van der Waals surface area contributed by atoms with Crippen molar-refractivity contribution >= 4 is 113 Å². The van der Waals surface area contributed by atoms with Crippen LogP contribution in [-0.4, -0.2) is 233 Å². The summed E-state index contributed by atoms with van der Waals surface area (Å²) in [5.74, 6) is -15.5. The summed E-state index contributed by atoms with van der Waals surface area (Å²) in [6, 6.07) is -2.94. The molecule has 0 spiro atoms. The molecule has 14 amide bonds. The number of nitrogens with zero attached hydrogens (tertiary/aromatic N) is 2. The van der Waals surface area contributed by atoms with Crippen molar-refractivity contribution in [2.24, 2.45) is 50.3 Å². The predicted molar refractivity (Wildman–Crippen MR) is 369 cm³/mol. The number of nitrogens with two attached hydrogens (primary N) is 6. The summed E-state index contributed by atoms with van der Waals surface area (Å²) in [5, 5.41) is 69.3. The van der Waals surface area contributed by atoms with E-state index in [1.165, 1.54) is 62.4 Å². The Bertz CT molecular complexity index is 3280. The van der Waals surface area contributed by atoms with E-state index in [1.807, 2.05) is 13.8 Å². The number of guanidine groups is 2. The minimum Gasteiger partial charge on any atom is -0.508 e. The molecule has 0 bridgehead atoms. The number of carboxylic acids is 1. The lowest BCUT2D eigenvalue weighted by molar-refractivity contribution is -0.138. The summed E-state index contributed by atoms with van der Waals surface area (Å²) in [4.78, 5) is 204. The maximum absolute atomic E-state index is 13.9. The highest BCUT2D eigenvalue weighted by molar-refractivity contribution is 7.80. The first kappa shape index (κ1) is 87.0. The van der Waals surface area contributed by atoms with E-state index in [2.05, 4.69) is 91.7 Å². The molecule has 0 aliphatic carbocycles. The number of benzene rings is 2. The zero-order chi connectivity index (χ0) is 76.8. The van der Waals surface area contributed by atoms with Crippen molar-refractivity contribution in [2.75, 3.05) is 51.6 Å². The summed E-state index contributed by atoms with van der Waals surface area (Å²) in [6.45, 7) is 2.37. The van der Waals surface area contributed by atoms with Crippen LogP contribution in [0.5, 0.6) is 11.5 Å². The zero-order valence-corrected chi connectivity index (χ0v) is 57.6. The minimum absolute atomic E-state index is 0.0430. The molecule has 0 heterocycles. The van der Waals surface area contributed by atoms with E-state index in [9.17, 15) is 92.3 Å². The van der Waals surface area contributed by atoms with E-state index < -0.39 is 195 Å². The number of aromatic hydroxyl groups is 2. The van der Waals surface area contributed by atoms with Crippen molar-refractivity contribution in [1.29, 1.82) is 0 Å². The van der Waals surface area contributed by atoms with Crippen LogP contribution in [0.1, 0.15) is 83.8 Å². The van der Waals surface area contributed by atoms with Gasteiger partial charge in [-0.3, -0.25) is 81.9 Å². The van der Waals surface area contributed by atoms with Crippen molar-refractivity contribution in [3.05, 3.63) is 59.7 Å². The predicted octanol–water partition coefficient (Wildman–Crippen LogP) is -9.50. The standard InChI is InChI=1S/C61H95N21O19S/c1-30(2)21-37(62)53(95)80-41(22-33-9-13-35(84)14-10-33)57(99)78-38(7-5-19-68-60(64)65)54(96)74-31(3)51(93)73-26-47(88)71-24-45(86)70-25-46(87)72-27-48(89)76-44(29-102)59(101)79-39(8-6-20-69-61(66)67)55(97)75-32(4)52(94)77-40(17-18-49(90)91)56(98)81-42(23-34-11-15-36(85)16-12-34)58(100)82-43(28-83)50(63)92/h9-16,30-32,37-44,83-85,102H,5-8,17-29,62H2,1-4H3,(H2,63,92)(H,70,86)(H,71,88)(H,72,87)(H,73,93)(H,74,96)(H,75,97)(H,76,89)(H,77,94)(H,78,99)(H,79,101)(H,80,95)(H,81,98)(H,82,100)(H,90,91)(H4,64,65,68)(H4,66,67,69)/t31-,32-,37-,38-,39-,40-,41-,42-,43-,44-/m0/s1. The number of hydrogen-bond acceptors (Lipinski definition) is 22. The van der Waals surface area contributed by atoms with E-state index >= 15 is 0 Å². The molecule has 0 saturated carbocycles. The molecular formula is C61H95N21O19S. The van der Waals surface area contributed by atoms with Crippen LogP contribution < -0.4 is 104 Å². The first-order chi connectivity index (χ1) is 48.0. The number of aliphatic carboxylic acids is 1. The number of rotatable bonds is 46. The Morgan fingerprint density at radius 2 is 0.784 bits per heavy atom. The first-order valence-electron chi connectivity index (χ1n) is 32.0. The van der Waals surface area contributed by atoms with Crippen LogP contribution in [0.2, 0.25) is 0 Å². The van der Waals surface area contributed by atoms with Crippen molar-refractivity contribution in [3.63, 3.8) is 0 Å². The molecular weight excluding hydrogens is 1360 g/mol. The molecule has 2 aromatic carbocycles. The molecule has 41 heteroatoms. The van der Waals surface area contributed by atoms with Gasteiger partial charge in [-0.1, -0.05) is 38.1 Å². The third-order valence-electron chi connectivity index (χ3n) is 14.5. The maximum atomic E-state index is 13.9. The van der Waals surface area contributed by atoms with Gasteiger partial charge in [-0.15, -0.1) is 0 Å². The molecule has 10 atom stereocenters. The second kappa shape index (κ2) is 45.5. The number of carbonyl (C=O) groups is 15. The first-order valence-corrected chi connectivity index (χ1v) is 32.6. The molecule has 0 aromatic heterocycles. The summed E-state index contributed by atoms with van der Waals surface area (Å²) in [7, 11) is 0. The summed E-state index contributed by atoms with van der Waals surface area (Å²) in [5.41, 5.74) is 34.0. The van der Waals surface area contributed by atoms with E-state index in [1.54, 1.807) is 0 Å². The number of thiol groups is 1. The van der Waals surface area contributed by atoms with Crippen molar-refractivity contribution in [2.45, 2.75) is 146 Å². The van der Waals surface area contributed by atoms with E-state index in [-0.39, 0.29) is 86.7 Å². The number of amides is 14. The lowest BCUT2D eigenvalue weighted by atomic mass is 10.0. The average Bonchev–Trinajstić information content (AvgIpc) is 0.867. The maximum Gasteiger partial charge on any atom is 0.303 e. The van der Waals surface area contributed by atoms with Crippen LogP contribution in [0.3, 0.4) is 0 Å². The Morgan fingerprint density at radius 3 is 1.19 bits per heavy atom. The number of phenolic OH excluding ortho intramolecular Hbond substituents is 2. The van der Waals surface area contributed by atoms with Gasteiger partial charge in [0.05, 0.1) is 38.8 Å². The number of hydrogen-bond donors (Lipinski definition) is 24. The summed E-state index contributed by atoms with van der Waals surface area (Å²) in [6.07, 6.45) is -1.34. The Labute approximate surface area is 591 Å². The third-order valence-corrected chi connectivity index (χ3v) is 14.8. The second-order valence-corrected chi connectivity index (χ2v) is 23.9. The quantitative estimate of drug-likeness (QED) is 0.0127. The van der Waals surface area contributed by atoms with Crippen LogP contribution >= 0.6 is 12.6 Å². The zero-order valence-electron chi connectivity index (χ0n) is 56.7. The largest absolute Gasteiger partial charge is 0.508 e. The topological polar surface area (TPSA) is 674 Å². The Kier molecular flexibility index (Phi) is 38.8. The number of carbonyl (C=O) groups excluding carboxylic acids is 14. The van der Waals surface area contributed by atoms with Gasteiger partial charge in [0.1, 0.15) is 65.9 Å². The smallest absolute Gasteiger partial charge is 0.303 e. The van der Waals surface area contributed by atoms with Gasteiger partial charge in [0.25, 0.3) is 0 Å². The molecule has 2 rings (SSSR count). The van der Waals surface area contributed by atoms with Crippen molar-refractivity contribution < 1.29 is 92.3 Å². The van der Waals surface area contributed by atoms with Gasteiger partial charge in [0.15, 0.2) is 11.9 Å². The number of aliphatic hydroxyl groups is 1. The van der Waals surface area contributed by atoms with E-state index in [0.29, 0.717) is 17.5 Å². The van der Waals surface area contributed by atoms with Gasteiger partial charge in [0.2, 0.25) is 82.7 Å². The van der Waals surface area contributed by atoms with Crippen molar-refractivity contribution in [3.8, 4) is 11.5 Å². The molecule has 0 saturated heterocycles. The normalized spacial score (nSPS) is 13.7. The minimum atomic E-state index is -1.69. The highest BCUT2D eigenvalue weighted by Gasteiger charge is 2.34. The Morgan fingerprint density at radius 1 is 0.431 bits per heavy atom. The molecule has 0 unspecified atom stereocenters. The molecule has 0 fully saturated rings. The van der Waals surface area contributed by atoms with Gasteiger partial charge >= 0.3 is 5.97 Å². The highest BCUT2D eigenvalue weighted by Crippen LogP contribution is 2.15. The average molecular weight is 1460 g/mol. The number of aliphatic imine (C=N–C) groups is 2. The Balaban J connectivity index is 2.03. The second-order valence-electron chi connectivity index (χ2n) is 23.6. The van der Waals surface area contributed by atoms with Crippen LogP contribution in [0.4, 0.5) is 0 Å². The molecule has 0 aliphatic heterocycles. The molecule has 0 radical (unpaired) electrons. The SMILES string of the molecule is CC(C)C[C@H](N)C(=O)N[C@@H](Cc1ccc(O)cc1)C(=O)N[C@@H](CCCN=C(N)N)C(=O)N[C@@H](C)C(=O)NCC(=O)NCC(=O)NCC(=O)NCC(=O)N[C@@H](CS)C(=O)N[C@@H](CCCN=C(N)N)C(=O)N[C@@H](C)C(=O)N[C@@H](CCC(=O)O)C(=O)N[C@@H](Cc1ccc(O)cc1)C(=O)N[C@@H](CO)C(N)=O. The van der Waals surface area contributed by atoms with Gasteiger partial charge in [0, 0.05) is 38.1 Å². The summed E-state index contributed by atoms with van der Waals surface area (Å²) < 4.78 is 0. The monoisotopic (exact) mass is 1460 g/mol. The summed E-state index contributed by atoms with van der Waals surface area (Å²) >= 11 is 4.13. The number of primary amides is 1. The number of carboxylic acid groups (broad SMARTS) is 1. The van der Waals surface area contributed by atoms with E-state index in [4.69, 9.17) is 34.4 Å².